The van der Waals surface area contributed by atoms with E-state index in [1.807, 2.05) is 127 Å². The van der Waals surface area contributed by atoms with Gasteiger partial charge in [0.1, 0.15) is 53.1 Å². The van der Waals surface area contributed by atoms with Gasteiger partial charge in [-0.05, 0) is 204 Å². The highest BCUT2D eigenvalue weighted by atomic mass is 79.9. The summed E-state index contributed by atoms with van der Waals surface area (Å²) in [6.45, 7) is 21.1. The van der Waals surface area contributed by atoms with Gasteiger partial charge in [-0.1, -0.05) is 72.8 Å². The van der Waals surface area contributed by atoms with Crippen molar-refractivity contribution in [3.63, 3.8) is 0 Å². The number of ether oxygens (including phenoxy) is 5. The van der Waals surface area contributed by atoms with E-state index in [0.29, 0.717) is 67.0 Å². The number of fused-ring (bicyclic) bond motifs is 3. The van der Waals surface area contributed by atoms with E-state index < -0.39 is 35.6 Å². The molecule has 0 aliphatic carbocycles. The lowest BCUT2D eigenvalue weighted by Gasteiger charge is -2.32. The molecule has 6 aromatic heterocycles. The number of anilines is 3. The summed E-state index contributed by atoms with van der Waals surface area (Å²) in [5, 5.41) is 16.1. The Hall–Kier alpha value is -12.1. The fourth-order valence-corrected chi connectivity index (χ4v) is 13.6. The van der Waals surface area contributed by atoms with Crippen LogP contribution < -0.4 is 45.4 Å². The Kier molecular flexibility index (Phi) is 24.9. The van der Waals surface area contributed by atoms with Gasteiger partial charge in [0.05, 0.1) is 53.6 Å². The molecule has 16 rings (SSSR count). The second-order valence-electron chi connectivity index (χ2n) is 31.6. The summed E-state index contributed by atoms with van der Waals surface area (Å²) in [7, 11) is -0.440. The minimum absolute atomic E-state index is 0.0112. The number of carbonyl (C=O) groups excluding carboxylic acids is 5. The second kappa shape index (κ2) is 35.2. The lowest BCUT2D eigenvalue weighted by atomic mass is 9.79. The van der Waals surface area contributed by atoms with Crippen molar-refractivity contribution < 1.29 is 70.1 Å². The van der Waals surface area contributed by atoms with Crippen molar-refractivity contribution in [2.45, 2.75) is 149 Å². The summed E-state index contributed by atoms with van der Waals surface area (Å²) in [5.74, 6) is -0.0174. The van der Waals surface area contributed by atoms with Gasteiger partial charge in [-0.2, -0.15) is 0 Å². The van der Waals surface area contributed by atoms with Gasteiger partial charge in [0.2, 0.25) is 35.4 Å². The van der Waals surface area contributed by atoms with Crippen molar-refractivity contribution in [2.75, 3.05) is 34.3 Å². The predicted molar refractivity (Wildman–Crippen MR) is 438 cm³/mol. The molecule has 0 saturated carbocycles. The number of alkyl carbamates (subject to hydrolysis) is 1. The quantitative estimate of drug-likeness (QED) is 0.0596. The number of carbonyl (C=O) groups is 5. The van der Waals surface area contributed by atoms with Gasteiger partial charge >= 0.3 is 19.2 Å². The van der Waals surface area contributed by atoms with Crippen LogP contribution in [-0.4, -0.2) is 135 Å². The molecule has 3 unspecified atom stereocenters. The van der Waals surface area contributed by atoms with Crippen LogP contribution in [0.5, 0.6) is 17.6 Å². The first-order chi connectivity index (χ1) is 55.7. The van der Waals surface area contributed by atoms with Crippen molar-refractivity contribution >= 4 is 92.3 Å². The molecule has 6 aromatic carbocycles. The van der Waals surface area contributed by atoms with Crippen LogP contribution in [0, 0.1) is 23.4 Å². The number of aromatic nitrogens is 9. The highest BCUT2D eigenvalue weighted by molar-refractivity contribution is 9.10. The molecule has 31 heteroatoms. The topological polar surface area (TPSA) is 288 Å². The standard InChI is InChI=1S/C29H29FN4O4.C23H20FN5O2.C21H31BN2O5.C13H9BrFN3O/c1-29(2,3)38-28(36)15-20-14-27(35)33(17-20)23-9-7-21(8-10-23)24-16-31-25-11-12-26(32-34(24)25)37-18-19-5-4-6-22(30)13-19;24-17-3-1-2-15(10-17)14-31-22-9-8-21-26-12-20(29(21)27-22)16-4-6-19(7-5-16)28-13-18(25)11-23(28)30;1-19(2,3)27-18(26)23-15-12-17(25)24(13-15)16-10-8-14(9-11-16)22-28-20(4,5)21(6,7)29-22;14-11-7-16-12-4-5-13(17-18(11)12)19-8-9-2-1-3-10(15)6-9/h4-13,16,20H,14-15,17-18H2,1-3H3;1-10,12,18H,11,13-14,25H2;8-11,15H,12-13H2,1-7H3,(H,23,26);1-7H,8H2. The molecule has 0 spiro atoms. The molecule has 0 radical (unpaired) electrons. The van der Waals surface area contributed by atoms with Gasteiger partial charge in [0, 0.05) is 91.3 Å². The number of esters is 1. The van der Waals surface area contributed by atoms with Gasteiger partial charge < -0.3 is 58.7 Å². The van der Waals surface area contributed by atoms with Crippen molar-refractivity contribution in [3.8, 4) is 40.2 Å². The zero-order valence-electron chi connectivity index (χ0n) is 66.3. The van der Waals surface area contributed by atoms with E-state index in [4.69, 9.17) is 38.7 Å². The highest BCUT2D eigenvalue weighted by Crippen LogP contribution is 2.38. The Balaban J connectivity index is 0.000000139. The summed E-state index contributed by atoms with van der Waals surface area (Å²) >= 11 is 3.34. The van der Waals surface area contributed by atoms with Crippen molar-refractivity contribution in [1.82, 2.24) is 49.1 Å². The molecule has 4 fully saturated rings. The van der Waals surface area contributed by atoms with Crippen LogP contribution in [0.25, 0.3) is 39.5 Å². The van der Waals surface area contributed by atoms with E-state index in [1.165, 1.54) is 36.4 Å². The fourth-order valence-electron chi connectivity index (χ4n) is 13.2. The molecule has 4 saturated heterocycles. The van der Waals surface area contributed by atoms with E-state index in [9.17, 15) is 37.1 Å². The Bertz CT molecular complexity index is 5570. The maximum Gasteiger partial charge on any atom is 0.494 e. The number of nitrogens with two attached hydrogens (primary N) is 1. The third kappa shape index (κ3) is 21.2. The monoisotopic (exact) mass is 1660 g/mol. The first kappa shape index (κ1) is 82.9. The van der Waals surface area contributed by atoms with Gasteiger partial charge in [-0.15, -0.1) is 15.3 Å². The van der Waals surface area contributed by atoms with Crippen LogP contribution in [0.3, 0.4) is 0 Å². The Morgan fingerprint density at radius 1 is 0.513 bits per heavy atom. The molecule has 26 nitrogen and oxygen atoms in total. The van der Waals surface area contributed by atoms with Crippen molar-refractivity contribution in [2.24, 2.45) is 11.7 Å². The molecular formula is C86H89BBrF3N14O12. The van der Waals surface area contributed by atoms with Crippen LogP contribution in [0.4, 0.5) is 35.0 Å². The molecular weight excluding hydrogens is 1570 g/mol. The van der Waals surface area contributed by atoms with Gasteiger partial charge in [-0.25, -0.2) is 46.5 Å². The number of rotatable bonds is 18. The molecule has 12 aromatic rings. The van der Waals surface area contributed by atoms with Crippen LogP contribution in [0.2, 0.25) is 0 Å². The number of hydrogen-bond donors (Lipinski definition) is 2. The van der Waals surface area contributed by atoms with Gasteiger partial charge in [0.25, 0.3) is 0 Å². The van der Waals surface area contributed by atoms with Crippen molar-refractivity contribution in [3.05, 3.63) is 239 Å². The molecule has 0 bridgehead atoms. The second-order valence-corrected chi connectivity index (χ2v) is 32.4. The van der Waals surface area contributed by atoms with E-state index in [-0.39, 0.29) is 91.8 Å². The first-order valence-electron chi connectivity index (χ1n) is 38.1. The zero-order chi connectivity index (χ0) is 83.1. The molecule has 10 heterocycles. The number of nitrogens with zero attached hydrogens (tertiary/aromatic N) is 12. The maximum absolute atomic E-state index is 13.4. The molecule has 117 heavy (non-hydrogen) atoms. The summed E-state index contributed by atoms with van der Waals surface area (Å²) in [4.78, 5) is 79.4. The van der Waals surface area contributed by atoms with Crippen LogP contribution in [-0.2, 0) is 57.8 Å². The Morgan fingerprint density at radius 2 is 0.915 bits per heavy atom. The number of benzene rings is 6. The van der Waals surface area contributed by atoms with Gasteiger partial charge in [-0.3, -0.25) is 19.2 Å². The lowest BCUT2D eigenvalue weighted by Crippen LogP contribution is -2.41. The number of hydrogen-bond acceptors (Lipinski definition) is 19. The zero-order valence-corrected chi connectivity index (χ0v) is 67.9. The third-order valence-corrected chi connectivity index (χ3v) is 20.1. The number of amides is 4. The molecule has 4 aliphatic heterocycles. The van der Waals surface area contributed by atoms with Crippen LogP contribution in [0.15, 0.2) is 205 Å². The minimum atomic E-state index is -0.574. The summed E-state index contributed by atoms with van der Waals surface area (Å²) < 4.78 is 85.5. The molecule has 3 N–H and O–H groups in total. The largest absolute Gasteiger partial charge is 0.494 e. The minimum Gasteiger partial charge on any atom is -0.472 e. The molecule has 4 aliphatic rings. The van der Waals surface area contributed by atoms with Crippen LogP contribution in [0.1, 0.15) is 112 Å². The number of nitrogens with one attached hydrogen (secondary N) is 1. The fraction of sp³-hybridized carbons (Fsp3) is 0.314. The average molecular weight is 1660 g/mol. The summed E-state index contributed by atoms with van der Waals surface area (Å²) in [5.41, 5.74) is 14.8. The first-order valence-corrected chi connectivity index (χ1v) is 38.9. The van der Waals surface area contributed by atoms with E-state index in [2.05, 4.69) is 51.5 Å². The average Bonchev–Trinajstić information content (AvgIpc) is 1.62. The lowest BCUT2D eigenvalue weighted by molar-refractivity contribution is -0.155. The Labute approximate surface area is 682 Å². The third-order valence-electron chi connectivity index (χ3n) is 19.6. The molecule has 3 atom stereocenters. The van der Waals surface area contributed by atoms with E-state index in [1.54, 1.807) is 134 Å². The normalized spacial score (nSPS) is 17.0. The smallest absolute Gasteiger partial charge is 0.472 e. The van der Waals surface area contributed by atoms with Gasteiger partial charge in [0.15, 0.2) is 16.9 Å². The number of halogens is 4. The molecule has 4 amide bonds. The van der Waals surface area contributed by atoms with E-state index in [0.717, 1.165) is 66.4 Å². The Morgan fingerprint density at radius 3 is 1.35 bits per heavy atom. The maximum atomic E-state index is 13.4. The number of imidazole rings is 3. The summed E-state index contributed by atoms with van der Waals surface area (Å²) in [6, 6.07) is 51.8. The summed E-state index contributed by atoms with van der Waals surface area (Å²) in [6.07, 6.45) is 5.78. The SMILES string of the molecule is CC(C)(C)OC(=O)CC1CC(=O)N(c2ccc(-c3cnc4ccc(OCc5cccc(F)c5)nn34)cc2)C1.CC(C)(C)OC(=O)NC1CC(=O)N(c2ccc(B3OC(C)(C)C(C)(C)O3)cc2)C1.Fc1cccc(COc2ccc3ncc(Br)n3n2)c1.NC1CC(=O)N(c2ccc(-c3cnc4ccc(OCc5cccc(F)c5)nn34)cc2)C1. The highest BCUT2D eigenvalue weighted by Gasteiger charge is 2.52. The van der Waals surface area contributed by atoms with E-state index >= 15 is 0 Å². The van der Waals surface area contributed by atoms with Crippen molar-refractivity contribution in [1.29, 1.82) is 0 Å². The molecule has 606 valence electrons. The van der Waals surface area contributed by atoms with Crippen LogP contribution >= 0.6 is 15.9 Å². The predicted octanol–water partition coefficient (Wildman–Crippen LogP) is 14.2.